The third kappa shape index (κ3) is 1.99. The Hall–Kier alpha value is -1.82. The van der Waals surface area contributed by atoms with Gasteiger partial charge in [-0.05, 0) is 12.5 Å². The van der Waals surface area contributed by atoms with Crippen molar-refractivity contribution in [3.63, 3.8) is 0 Å². The monoisotopic (exact) mass is 249 g/mol. The highest BCUT2D eigenvalue weighted by Crippen LogP contribution is 2.20. The summed E-state index contributed by atoms with van der Waals surface area (Å²) in [6.45, 7) is 2.57. The molecule has 0 aliphatic carbocycles. The Morgan fingerprint density at radius 1 is 1.44 bits per heavy atom. The summed E-state index contributed by atoms with van der Waals surface area (Å²) in [5.74, 6) is -0.116. The average molecular weight is 249 g/mol. The highest BCUT2D eigenvalue weighted by molar-refractivity contribution is 6.02. The smallest absolute Gasteiger partial charge is 0.324 e. The van der Waals surface area contributed by atoms with Gasteiger partial charge >= 0.3 is 6.03 Å². The molecule has 0 saturated carbocycles. The molecule has 2 saturated heterocycles. The molecule has 2 aliphatic heterocycles. The van der Waals surface area contributed by atoms with Gasteiger partial charge in [0.2, 0.25) is 5.91 Å². The summed E-state index contributed by atoms with van der Waals surface area (Å²) < 4.78 is 5.03. The molecule has 1 unspecified atom stereocenters. The van der Waals surface area contributed by atoms with Crippen LogP contribution in [0.4, 0.5) is 4.79 Å². The lowest BCUT2D eigenvalue weighted by Gasteiger charge is -2.21. The number of imide groups is 1. The van der Waals surface area contributed by atoms with E-state index in [9.17, 15) is 9.59 Å². The topological polar surface area (TPSA) is 65.8 Å². The number of furan rings is 1. The van der Waals surface area contributed by atoms with Gasteiger partial charge in [0.05, 0.1) is 25.1 Å². The van der Waals surface area contributed by atoms with Gasteiger partial charge in [0.1, 0.15) is 0 Å². The first kappa shape index (κ1) is 11.3. The molecular weight excluding hydrogens is 234 g/mol. The van der Waals surface area contributed by atoms with Crippen LogP contribution in [0.3, 0.4) is 0 Å². The molecular formula is C12H15N3O3. The molecule has 3 heterocycles. The van der Waals surface area contributed by atoms with E-state index in [1.54, 1.807) is 12.5 Å². The lowest BCUT2D eigenvalue weighted by Crippen LogP contribution is -2.42. The van der Waals surface area contributed by atoms with E-state index in [1.165, 1.54) is 4.90 Å². The molecule has 2 aliphatic rings. The number of rotatable bonds is 3. The van der Waals surface area contributed by atoms with E-state index >= 15 is 0 Å². The second-order valence-corrected chi connectivity index (χ2v) is 4.73. The Morgan fingerprint density at radius 3 is 3.00 bits per heavy atom. The maximum absolute atomic E-state index is 11.6. The lowest BCUT2D eigenvalue weighted by molar-refractivity contribution is -0.126. The minimum Gasteiger partial charge on any atom is -0.472 e. The van der Waals surface area contributed by atoms with Gasteiger partial charge in [-0.25, -0.2) is 4.79 Å². The zero-order valence-electron chi connectivity index (χ0n) is 9.96. The molecule has 1 N–H and O–H groups in total. The standard InChI is InChI=1S/C12H15N3O3/c16-11-5-13-12(17)15(11)10-1-3-14(7-10)6-9-2-4-18-8-9/h2,4,8,10H,1,3,5-7H2,(H,13,17). The van der Waals surface area contributed by atoms with Crippen molar-refractivity contribution in [3.05, 3.63) is 24.2 Å². The van der Waals surface area contributed by atoms with Crippen molar-refractivity contribution >= 4 is 11.9 Å². The fourth-order valence-electron chi connectivity index (χ4n) is 2.61. The van der Waals surface area contributed by atoms with Crippen molar-refractivity contribution in [1.29, 1.82) is 0 Å². The van der Waals surface area contributed by atoms with E-state index in [0.717, 1.165) is 31.6 Å². The highest BCUT2D eigenvalue weighted by atomic mass is 16.3. The normalized spacial score (nSPS) is 24.9. The van der Waals surface area contributed by atoms with Gasteiger partial charge in [-0.1, -0.05) is 0 Å². The SMILES string of the molecule is O=C1CNC(=O)N1C1CCN(Cc2ccoc2)C1. The Balaban J connectivity index is 1.61. The molecule has 1 atom stereocenters. The van der Waals surface area contributed by atoms with Gasteiger partial charge in [0.25, 0.3) is 0 Å². The van der Waals surface area contributed by atoms with Crippen molar-refractivity contribution in [3.8, 4) is 0 Å². The van der Waals surface area contributed by atoms with E-state index in [2.05, 4.69) is 10.2 Å². The summed E-state index contributed by atoms with van der Waals surface area (Å²) >= 11 is 0. The molecule has 0 spiro atoms. The predicted octanol–water partition coefficient (Wildman–Crippen LogP) is 0.406. The summed E-state index contributed by atoms with van der Waals surface area (Å²) in [6, 6.07) is 1.68. The Bertz CT molecular complexity index is 441. The molecule has 2 fully saturated rings. The maximum Gasteiger partial charge on any atom is 0.324 e. The molecule has 3 rings (SSSR count). The number of amides is 3. The highest BCUT2D eigenvalue weighted by Gasteiger charge is 2.38. The van der Waals surface area contributed by atoms with Gasteiger partial charge in [-0.2, -0.15) is 0 Å². The number of nitrogens with zero attached hydrogens (tertiary/aromatic N) is 2. The molecule has 6 heteroatoms. The molecule has 1 aromatic heterocycles. The molecule has 3 amide bonds. The first-order chi connectivity index (χ1) is 8.74. The molecule has 96 valence electrons. The molecule has 0 radical (unpaired) electrons. The zero-order chi connectivity index (χ0) is 12.5. The Labute approximate surface area is 105 Å². The van der Waals surface area contributed by atoms with Gasteiger partial charge in [0.15, 0.2) is 0 Å². The second-order valence-electron chi connectivity index (χ2n) is 4.73. The van der Waals surface area contributed by atoms with Gasteiger partial charge in [-0.15, -0.1) is 0 Å². The van der Waals surface area contributed by atoms with Crippen LogP contribution in [0.25, 0.3) is 0 Å². The second kappa shape index (κ2) is 4.45. The average Bonchev–Trinajstić information content (AvgIpc) is 3.04. The number of likely N-dealkylation sites (tertiary alicyclic amines) is 1. The summed E-state index contributed by atoms with van der Waals surface area (Å²) in [4.78, 5) is 26.8. The van der Waals surface area contributed by atoms with Crippen LogP contribution in [0.15, 0.2) is 23.0 Å². The predicted molar refractivity (Wildman–Crippen MR) is 62.6 cm³/mol. The van der Waals surface area contributed by atoms with Crippen LogP contribution in [0.1, 0.15) is 12.0 Å². The Kier molecular flexibility index (Phi) is 2.79. The van der Waals surface area contributed by atoms with E-state index in [4.69, 9.17) is 4.42 Å². The van der Waals surface area contributed by atoms with E-state index < -0.39 is 0 Å². The van der Waals surface area contributed by atoms with Crippen LogP contribution in [-0.4, -0.2) is 47.4 Å². The summed E-state index contributed by atoms with van der Waals surface area (Å²) in [5.41, 5.74) is 1.12. The fourth-order valence-corrected chi connectivity index (χ4v) is 2.61. The van der Waals surface area contributed by atoms with Crippen molar-refractivity contribution < 1.29 is 14.0 Å². The third-order valence-electron chi connectivity index (χ3n) is 3.48. The summed E-state index contributed by atoms with van der Waals surface area (Å²) in [5, 5.41) is 2.56. The molecule has 18 heavy (non-hydrogen) atoms. The molecule has 6 nitrogen and oxygen atoms in total. The van der Waals surface area contributed by atoms with Crippen LogP contribution in [0.2, 0.25) is 0 Å². The summed E-state index contributed by atoms with van der Waals surface area (Å²) in [6.07, 6.45) is 4.22. The van der Waals surface area contributed by atoms with Gasteiger partial charge < -0.3 is 9.73 Å². The number of hydrogen-bond acceptors (Lipinski definition) is 4. The first-order valence-electron chi connectivity index (χ1n) is 6.07. The summed E-state index contributed by atoms with van der Waals surface area (Å²) in [7, 11) is 0. The molecule has 0 aromatic carbocycles. The van der Waals surface area contributed by atoms with E-state index in [1.807, 2.05) is 6.07 Å². The van der Waals surface area contributed by atoms with Crippen LogP contribution in [-0.2, 0) is 11.3 Å². The fraction of sp³-hybridized carbons (Fsp3) is 0.500. The van der Waals surface area contributed by atoms with Crippen LogP contribution in [0.5, 0.6) is 0 Å². The van der Waals surface area contributed by atoms with Gasteiger partial charge in [0, 0.05) is 25.2 Å². The van der Waals surface area contributed by atoms with Crippen molar-refractivity contribution in [2.45, 2.75) is 19.0 Å². The minimum atomic E-state index is -0.254. The van der Waals surface area contributed by atoms with Crippen molar-refractivity contribution in [2.75, 3.05) is 19.6 Å². The van der Waals surface area contributed by atoms with Crippen LogP contribution < -0.4 is 5.32 Å². The van der Waals surface area contributed by atoms with E-state index in [0.29, 0.717) is 0 Å². The van der Waals surface area contributed by atoms with E-state index in [-0.39, 0.29) is 24.5 Å². The number of hydrogen-bond donors (Lipinski definition) is 1. The van der Waals surface area contributed by atoms with Crippen molar-refractivity contribution in [2.24, 2.45) is 0 Å². The third-order valence-corrected chi connectivity index (χ3v) is 3.48. The number of carbonyl (C=O) groups is 2. The molecule has 1 aromatic rings. The maximum atomic E-state index is 11.6. The van der Waals surface area contributed by atoms with Crippen molar-refractivity contribution in [1.82, 2.24) is 15.1 Å². The Morgan fingerprint density at radius 2 is 2.33 bits per heavy atom. The number of urea groups is 1. The first-order valence-corrected chi connectivity index (χ1v) is 6.07. The van der Waals surface area contributed by atoms with Crippen LogP contribution in [0, 0.1) is 0 Å². The largest absolute Gasteiger partial charge is 0.472 e. The number of nitrogens with one attached hydrogen (secondary N) is 1. The van der Waals surface area contributed by atoms with Crippen LogP contribution >= 0.6 is 0 Å². The molecule has 0 bridgehead atoms. The minimum absolute atomic E-state index is 0.00639. The quantitative estimate of drug-likeness (QED) is 0.788. The number of carbonyl (C=O) groups excluding carboxylic acids is 2. The lowest BCUT2D eigenvalue weighted by atomic mass is 10.2. The zero-order valence-corrected chi connectivity index (χ0v) is 9.96. The van der Waals surface area contributed by atoms with Gasteiger partial charge in [-0.3, -0.25) is 14.6 Å².